The summed E-state index contributed by atoms with van der Waals surface area (Å²) in [6.45, 7) is 0. The molecule has 1 N–H and O–H groups in total. The molecule has 0 atom stereocenters. The van der Waals surface area contributed by atoms with Crippen LogP contribution in [0.25, 0.3) is 6.08 Å². The molecule has 0 aliphatic heterocycles. The standard InChI is InChI=1S/C16H10ClFN2O/c17-15-9-14(7-4-12(15)10-19)20-16(21)8-3-11-1-5-13(18)6-2-11/h1-9H,(H,20,21). The van der Waals surface area contributed by atoms with Crippen LogP contribution >= 0.6 is 11.6 Å². The van der Waals surface area contributed by atoms with Crippen molar-refractivity contribution in [2.24, 2.45) is 0 Å². The summed E-state index contributed by atoms with van der Waals surface area (Å²) >= 11 is 5.87. The number of anilines is 1. The molecule has 21 heavy (non-hydrogen) atoms. The summed E-state index contributed by atoms with van der Waals surface area (Å²) in [4.78, 5) is 11.7. The van der Waals surface area contributed by atoms with Gasteiger partial charge in [0.25, 0.3) is 0 Å². The lowest BCUT2D eigenvalue weighted by Gasteiger charge is -2.03. The second-order valence-electron chi connectivity index (χ2n) is 4.18. The molecule has 0 bridgehead atoms. The Labute approximate surface area is 126 Å². The molecule has 2 aromatic rings. The van der Waals surface area contributed by atoms with E-state index in [-0.39, 0.29) is 16.7 Å². The van der Waals surface area contributed by atoms with Crippen LogP contribution in [0.3, 0.4) is 0 Å². The summed E-state index contributed by atoms with van der Waals surface area (Å²) in [6, 6.07) is 12.3. The predicted molar refractivity (Wildman–Crippen MR) is 80.2 cm³/mol. The molecule has 0 radical (unpaired) electrons. The van der Waals surface area contributed by atoms with E-state index in [4.69, 9.17) is 16.9 Å². The van der Waals surface area contributed by atoms with Gasteiger partial charge in [-0.05, 0) is 42.0 Å². The van der Waals surface area contributed by atoms with Crippen LogP contribution < -0.4 is 5.32 Å². The summed E-state index contributed by atoms with van der Waals surface area (Å²) in [6.07, 6.45) is 2.90. The molecule has 2 aromatic carbocycles. The van der Waals surface area contributed by atoms with Gasteiger partial charge in [0.15, 0.2) is 0 Å². The third-order valence-electron chi connectivity index (χ3n) is 2.65. The molecule has 0 saturated carbocycles. The van der Waals surface area contributed by atoms with E-state index < -0.39 is 0 Å². The summed E-state index contributed by atoms with van der Waals surface area (Å²) in [5.74, 6) is -0.677. The average Bonchev–Trinajstić information content (AvgIpc) is 2.47. The van der Waals surface area contributed by atoms with Crippen LogP contribution in [0.1, 0.15) is 11.1 Å². The van der Waals surface area contributed by atoms with Gasteiger partial charge < -0.3 is 5.32 Å². The first-order valence-electron chi connectivity index (χ1n) is 6.03. The lowest BCUT2D eigenvalue weighted by atomic mass is 10.2. The monoisotopic (exact) mass is 300 g/mol. The average molecular weight is 301 g/mol. The van der Waals surface area contributed by atoms with Gasteiger partial charge in [-0.3, -0.25) is 4.79 Å². The number of hydrogen-bond donors (Lipinski definition) is 1. The Kier molecular flexibility index (Phi) is 4.70. The number of rotatable bonds is 3. The fourth-order valence-corrected chi connectivity index (χ4v) is 1.84. The van der Waals surface area contributed by atoms with Gasteiger partial charge in [0.2, 0.25) is 5.91 Å². The predicted octanol–water partition coefficient (Wildman–Crippen LogP) is 4.00. The van der Waals surface area contributed by atoms with Gasteiger partial charge in [-0.15, -0.1) is 0 Å². The van der Waals surface area contributed by atoms with E-state index in [1.807, 2.05) is 6.07 Å². The molecule has 3 nitrogen and oxygen atoms in total. The maximum absolute atomic E-state index is 12.7. The second kappa shape index (κ2) is 6.69. The van der Waals surface area contributed by atoms with Gasteiger partial charge in [-0.1, -0.05) is 23.7 Å². The van der Waals surface area contributed by atoms with E-state index in [1.165, 1.54) is 30.3 Å². The van der Waals surface area contributed by atoms with Crippen molar-refractivity contribution in [2.75, 3.05) is 5.32 Å². The number of amides is 1. The smallest absolute Gasteiger partial charge is 0.248 e. The molecule has 0 fully saturated rings. The molecule has 5 heteroatoms. The largest absolute Gasteiger partial charge is 0.322 e. The lowest BCUT2D eigenvalue weighted by Crippen LogP contribution is -2.07. The Morgan fingerprint density at radius 3 is 2.57 bits per heavy atom. The van der Waals surface area contributed by atoms with Gasteiger partial charge in [0, 0.05) is 11.8 Å². The van der Waals surface area contributed by atoms with Crippen LogP contribution in [-0.2, 0) is 4.79 Å². The third-order valence-corrected chi connectivity index (χ3v) is 2.97. The zero-order chi connectivity index (χ0) is 15.2. The lowest BCUT2D eigenvalue weighted by molar-refractivity contribution is -0.111. The maximum atomic E-state index is 12.7. The molecule has 1 amide bonds. The molecule has 0 unspecified atom stereocenters. The normalized spacial score (nSPS) is 10.3. The molecule has 0 aliphatic rings. The second-order valence-corrected chi connectivity index (χ2v) is 4.59. The summed E-state index contributed by atoms with van der Waals surface area (Å²) in [5, 5.41) is 11.7. The highest BCUT2D eigenvalue weighted by Crippen LogP contribution is 2.20. The first kappa shape index (κ1) is 14.8. The summed E-state index contributed by atoms with van der Waals surface area (Å²) in [7, 11) is 0. The molecule has 0 spiro atoms. The SMILES string of the molecule is N#Cc1ccc(NC(=O)C=Cc2ccc(F)cc2)cc1Cl. The molecular weight excluding hydrogens is 291 g/mol. The van der Waals surface area contributed by atoms with Gasteiger partial charge in [-0.2, -0.15) is 5.26 Å². The fourth-order valence-electron chi connectivity index (χ4n) is 1.61. The first-order chi connectivity index (χ1) is 10.1. The van der Waals surface area contributed by atoms with Crippen LogP contribution in [0.5, 0.6) is 0 Å². The molecule has 0 aromatic heterocycles. The minimum absolute atomic E-state index is 0.276. The maximum Gasteiger partial charge on any atom is 0.248 e. The minimum Gasteiger partial charge on any atom is -0.322 e. The Bertz CT molecular complexity index is 733. The quantitative estimate of drug-likeness (QED) is 0.871. The van der Waals surface area contributed by atoms with E-state index in [0.29, 0.717) is 16.8 Å². The zero-order valence-corrected chi connectivity index (χ0v) is 11.6. The Morgan fingerprint density at radius 2 is 1.95 bits per heavy atom. The number of benzene rings is 2. The topological polar surface area (TPSA) is 52.9 Å². The Balaban J connectivity index is 2.03. The van der Waals surface area contributed by atoms with E-state index in [9.17, 15) is 9.18 Å². The highest BCUT2D eigenvalue weighted by molar-refractivity contribution is 6.32. The van der Waals surface area contributed by atoms with E-state index in [0.717, 1.165) is 0 Å². The number of carbonyl (C=O) groups is 1. The fraction of sp³-hybridized carbons (Fsp3) is 0. The van der Waals surface area contributed by atoms with Crippen molar-refractivity contribution in [2.45, 2.75) is 0 Å². The molecular formula is C16H10ClFN2O. The van der Waals surface area contributed by atoms with E-state index >= 15 is 0 Å². The number of hydrogen-bond acceptors (Lipinski definition) is 2. The number of nitrogens with one attached hydrogen (secondary N) is 1. The molecule has 0 saturated heterocycles. The van der Waals surface area contributed by atoms with Crippen molar-refractivity contribution in [1.82, 2.24) is 0 Å². The van der Waals surface area contributed by atoms with Gasteiger partial charge in [0.05, 0.1) is 10.6 Å². The van der Waals surface area contributed by atoms with Gasteiger partial charge >= 0.3 is 0 Å². The van der Waals surface area contributed by atoms with Crippen molar-refractivity contribution >= 4 is 29.3 Å². The summed E-state index contributed by atoms with van der Waals surface area (Å²) in [5.41, 5.74) is 1.55. The first-order valence-corrected chi connectivity index (χ1v) is 6.40. The van der Waals surface area contributed by atoms with Gasteiger partial charge in [-0.25, -0.2) is 4.39 Å². The van der Waals surface area contributed by atoms with Gasteiger partial charge in [0.1, 0.15) is 11.9 Å². The van der Waals surface area contributed by atoms with Crippen LogP contribution in [0.2, 0.25) is 5.02 Å². The highest BCUT2D eigenvalue weighted by atomic mass is 35.5. The Hall–Kier alpha value is -2.64. The minimum atomic E-state index is -0.347. The summed E-state index contributed by atoms with van der Waals surface area (Å²) < 4.78 is 12.7. The molecule has 104 valence electrons. The van der Waals surface area contributed by atoms with E-state index in [1.54, 1.807) is 24.3 Å². The third kappa shape index (κ3) is 4.16. The number of halogens is 2. The van der Waals surface area contributed by atoms with Crippen molar-refractivity contribution in [1.29, 1.82) is 5.26 Å². The van der Waals surface area contributed by atoms with Crippen molar-refractivity contribution in [3.8, 4) is 6.07 Å². The van der Waals surface area contributed by atoms with Crippen LogP contribution in [0, 0.1) is 17.1 Å². The zero-order valence-electron chi connectivity index (χ0n) is 10.8. The molecule has 2 rings (SSSR count). The van der Waals surface area contributed by atoms with Crippen molar-refractivity contribution in [3.05, 3.63) is 70.5 Å². The molecule has 0 heterocycles. The highest BCUT2D eigenvalue weighted by Gasteiger charge is 2.03. The van der Waals surface area contributed by atoms with Crippen molar-refractivity contribution in [3.63, 3.8) is 0 Å². The molecule has 0 aliphatic carbocycles. The number of carbonyl (C=O) groups excluding carboxylic acids is 1. The Morgan fingerprint density at radius 1 is 1.24 bits per heavy atom. The number of nitrogens with zero attached hydrogens (tertiary/aromatic N) is 1. The van der Waals surface area contributed by atoms with Crippen LogP contribution in [-0.4, -0.2) is 5.91 Å². The number of nitriles is 1. The van der Waals surface area contributed by atoms with E-state index in [2.05, 4.69) is 5.32 Å². The van der Waals surface area contributed by atoms with Crippen molar-refractivity contribution < 1.29 is 9.18 Å². The van der Waals surface area contributed by atoms with Crippen LogP contribution in [0.15, 0.2) is 48.5 Å². The van der Waals surface area contributed by atoms with Crippen LogP contribution in [0.4, 0.5) is 10.1 Å².